The van der Waals surface area contributed by atoms with Crippen LogP contribution in [0.3, 0.4) is 0 Å². The third kappa shape index (κ3) is 11.4. The van der Waals surface area contributed by atoms with Crippen LogP contribution in [0.25, 0.3) is 0 Å². The maximum atomic E-state index is 16.9. The number of allylic oxidation sites excluding steroid dienone is 3. The number of nitrogens with one attached hydrogen (secondary N) is 2. The lowest BCUT2D eigenvalue weighted by atomic mass is 9.39. The van der Waals surface area contributed by atoms with Crippen molar-refractivity contribution >= 4 is 45.1 Å². The molecule has 19 heteroatoms. The van der Waals surface area contributed by atoms with Crippen LogP contribution in [0.1, 0.15) is 166 Å². The average molecular weight is 1280 g/mol. The minimum atomic E-state index is -2.02. The zero-order chi connectivity index (χ0) is 63.6. The number of carbonyl (C=O) groups is 3. The summed E-state index contributed by atoms with van der Waals surface area (Å²) in [6.45, 7) is 5.07. The Kier molecular flexibility index (Phi) is 19.3. The number of cyclic esters (lactones) is 1. The van der Waals surface area contributed by atoms with E-state index in [0.29, 0.717) is 48.7 Å². The van der Waals surface area contributed by atoms with Gasteiger partial charge in [-0.25, -0.2) is 0 Å². The van der Waals surface area contributed by atoms with E-state index in [0.717, 1.165) is 62.5 Å². The molecule has 23 unspecified atom stereocenters. The van der Waals surface area contributed by atoms with E-state index in [9.17, 15) is 40.5 Å². The first-order valence-corrected chi connectivity index (χ1v) is 36.6. The maximum Gasteiger partial charge on any atom is 0.314 e. The number of ketones is 2. The SMILES string of the molecule is CCC1OC(=O)C(c2cc[nH]c2)C1C1C#CCC2CC3(O)C4=C5NC(CO)C(=O)CC(c6ccc(O)cc6)CSSCC6C(O)C(O)CC(C7CCCCC7)(C4CCC3(CCN=C(N)N)C2C(C)(O)C(O)CC(CO)C2CC=C3CCC(C)CC3C2C1)C6C5=O. The number of benzene rings is 1. The van der Waals surface area contributed by atoms with Gasteiger partial charge >= 0.3 is 5.97 Å². The molecule has 3 heterocycles. The first-order chi connectivity index (χ1) is 43.2. The van der Waals surface area contributed by atoms with Gasteiger partial charge in [0.05, 0.1) is 47.7 Å². The monoisotopic (exact) mass is 1280 g/mol. The van der Waals surface area contributed by atoms with Crippen molar-refractivity contribution in [1.29, 1.82) is 0 Å². The number of aliphatic hydroxyl groups is 7. The molecule has 10 aliphatic rings. The first kappa shape index (κ1) is 65.7. The van der Waals surface area contributed by atoms with Crippen LogP contribution in [0.15, 0.2) is 70.6 Å². The first-order valence-electron chi connectivity index (χ1n) is 34.1. The molecule has 23 atom stereocenters. The molecule has 7 fully saturated rings. The number of phenolic OH excluding ortho intramolecular Hbond substituents is 1. The molecular weight excluding hydrogens is 1180 g/mol. The number of hydrogen-bond acceptors (Lipinski definition) is 16. The van der Waals surface area contributed by atoms with E-state index < -0.39 is 101 Å². The number of hydrogen-bond donors (Lipinski definition) is 12. The standard InChI is InChI=1S/C71H99N5O12S2/c1-4-56-58(59(66(85)88-56)43-22-25-74-33-43)41-9-8-10-42-31-71(87)61-52(21-23-69(71,24-26-75-67(72)73)65(42)68(3,86)57(82)30-44(34-77)48-20-17-40-14-13-38(2)27-49(40)50(48)28-41)70(46-11-6-5-7-12-46)32-55(81)63(83)51-37-90-89-36-45(39-15-18-47(79)19-16-39)29-54(80)53(35-78)76-62(61)64(84)60(51)70/h15-19,22,25,33,38,41-42,44-46,48-53,55-60,63,65,74,76-79,81-83,86-87H,4-7,10-14,20-21,23-24,26-32,34-37H2,1-3H3,(H4,72,73,75). The number of H-pyrrole nitrogens is 1. The van der Waals surface area contributed by atoms with E-state index in [1.165, 1.54) is 27.2 Å². The number of Topliss-reactive ketones (excluding diaryl/α,β-unsaturated/α-hetero) is 2. The summed E-state index contributed by atoms with van der Waals surface area (Å²) in [5, 5.41) is 105. The summed E-state index contributed by atoms with van der Waals surface area (Å²) in [6.07, 6.45) is 11.8. The second-order valence-corrected chi connectivity index (χ2v) is 32.3. The molecule has 5 saturated carbocycles. The number of rotatable bonds is 10. The Morgan fingerprint density at radius 3 is 2.38 bits per heavy atom. The molecule has 1 aromatic carbocycles. The van der Waals surface area contributed by atoms with Crippen LogP contribution in [0.2, 0.25) is 0 Å². The number of nitrogens with zero attached hydrogens (tertiary/aromatic N) is 1. The zero-order valence-electron chi connectivity index (χ0n) is 52.8. The Bertz CT molecular complexity index is 3100. The van der Waals surface area contributed by atoms with Crippen molar-refractivity contribution in [3.63, 3.8) is 0 Å². The Morgan fingerprint density at radius 2 is 1.67 bits per heavy atom. The Hall–Kier alpha value is -4.36. The summed E-state index contributed by atoms with van der Waals surface area (Å²) in [5.41, 5.74) is 9.37. The lowest BCUT2D eigenvalue weighted by Crippen LogP contribution is -2.69. The van der Waals surface area contributed by atoms with Crippen LogP contribution in [0.4, 0.5) is 0 Å². The van der Waals surface area contributed by atoms with E-state index in [4.69, 9.17) is 16.2 Å². The molecule has 14 N–H and O–H groups in total. The number of aromatic nitrogens is 1. The number of aromatic hydroxyl groups is 1. The van der Waals surface area contributed by atoms with Gasteiger partial charge in [-0.3, -0.25) is 19.4 Å². The number of aliphatic hydroxyl groups excluding tert-OH is 5. The van der Waals surface area contributed by atoms with Crippen molar-refractivity contribution in [2.45, 2.75) is 196 Å². The highest BCUT2D eigenvalue weighted by Gasteiger charge is 2.76. The van der Waals surface area contributed by atoms with Crippen LogP contribution in [0, 0.1) is 99.6 Å². The van der Waals surface area contributed by atoms with Crippen molar-refractivity contribution in [2.24, 2.45) is 104 Å². The van der Waals surface area contributed by atoms with Gasteiger partial charge in [0, 0.05) is 90.8 Å². The number of fused-ring (bicyclic) bond motifs is 10. The second-order valence-electron chi connectivity index (χ2n) is 29.7. The van der Waals surface area contributed by atoms with Gasteiger partial charge in [-0.05, 0) is 184 Å². The fourth-order valence-corrected chi connectivity index (χ4v) is 24.2. The molecule has 2 aliphatic heterocycles. The number of guanidine groups is 1. The highest BCUT2D eigenvalue weighted by molar-refractivity contribution is 8.76. The molecule has 17 nitrogen and oxygen atoms in total. The third-order valence-corrected chi connectivity index (χ3v) is 27.9. The third-order valence-electron chi connectivity index (χ3n) is 25.3. The second kappa shape index (κ2) is 26.4. The molecule has 2 saturated heterocycles. The van der Waals surface area contributed by atoms with Crippen LogP contribution in [-0.2, 0) is 19.1 Å². The Labute approximate surface area is 538 Å². The van der Waals surface area contributed by atoms with Crippen molar-refractivity contribution < 1.29 is 60.0 Å². The normalized spacial score (nSPS) is 43.4. The molecule has 2 bridgehead atoms. The molecule has 0 spiro atoms. The van der Waals surface area contributed by atoms with E-state index in [1.807, 2.05) is 25.4 Å². The largest absolute Gasteiger partial charge is 0.508 e. The number of nitrogens with two attached hydrogens (primary N) is 2. The molecule has 2 aromatic rings. The van der Waals surface area contributed by atoms with Gasteiger partial charge in [0.2, 0.25) is 0 Å². The van der Waals surface area contributed by atoms with Gasteiger partial charge < -0.3 is 67.4 Å². The molecular formula is C71H99N5O12S2. The van der Waals surface area contributed by atoms with Gasteiger partial charge in [0.1, 0.15) is 17.9 Å². The van der Waals surface area contributed by atoms with Crippen molar-refractivity contribution in [2.75, 3.05) is 31.3 Å². The minimum Gasteiger partial charge on any atom is -0.508 e. The zero-order valence-corrected chi connectivity index (χ0v) is 54.4. The van der Waals surface area contributed by atoms with Crippen LogP contribution >= 0.6 is 21.6 Å². The van der Waals surface area contributed by atoms with E-state index in [-0.39, 0.29) is 134 Å². The maximum absolute atomic E-state index is 16.9. The predicted octanol–water partition coefficient (Wildman–Crippen LogP) is 7.56. The summed E-state index contributed by atoms with van der Waals surface area (Å²) in [5.74, 6) is 1.67. The number of aromatic amines is 1. The summed E-state index contributed by atoms with van der Waals surface area (Å²) in [7, 11) is 3.04. The minimum absolute atomic E-state index is 0.00324. The molecule has 0 radical (unpaired) electrons. The number of carbonyl (C=O) groups excluding carboxylic acids is 3. The van der Waals surface area contributed by atoms with Gasteiger partial charge in [-0.1, -0.05) is 84.4 Å². The van der Waals surface area contributed by atoms with Crippen LogP contribution in [0.5, 0.6) is 5.75 Å². The van der Waals surface area contributed by atoms with Crippen LogP contribution in [-0.4, -0.2) is 142 Å². The highest BCUT2D eigenvalue weighted by atomic mass is 33.1. The van der Waals surface area contributed by atoms with Crippen LogP contribution < -0.4 is 16.8 Å². The van der Waals surface area contributed by atoms with Crippen molar-refractivity contribution in [3.05, 3.63) is 76.8 Å². The summed E-state index contributed by atoms with van der Waals surface area (Å²) >= 11 is 0. The van der Waals surface area contributed by atoms with E-state index >= 15 is 14.7 Å². The van der Waals surface area contributed by atoms with Gasteiger partial charge in [-0.15, -0.1) is 5.92 Å². The van der Waals surface area contributed by atoms with Crippen molar-refractivity contribution in [1.82, 2.24) is 10.3 Å². The molecule has 12 rings (SSSR count). The number of aliphatic imine (C=N–C) groups is 1. The number of phenols is 1. The smallest absolute Gasteiger partial charge is 0.314 e. The average Bonchev–Trinajstić information content (AvgIpc) is 1.23. The van der Waals surface area contributed by atoms with Gasteiger partial charge in [-0.2, -0.15) is 0 Å². The molecule has 492 valence electrons. The number of ether oxygens (including phenoxy) is 1. The summed E-state index contributed by atoms with van der Waals surface area (Å²) in [6, 6.07) is 7.34. The van der Waals surface area contributed by atoms with Gasteiger partial charge in [0.25, 0.3) is 0 Å². The fourth-order valence-electron chi connectivity index (χ4n) is 21.4. The lowest BCUT2D eigenvalue weighted by molar-refractivity contribution is -0.205. The summed E-state index contributed by atoms with van der Waals surface area (Å²) in [4.78, 5) is 54.1. The topological polar surface area (TPSA) is 315 Å². The quantitative estimate of drug-likeness (QED) is 0.0273. The molecule has 1 aromatic heterocycles. The predicted molar refractivity (Wildman–Crippen MR) is 347 cm³/mol. The fraction of sp³-hybridized carbons (Fsp3) is 0.718. The highest BCUT2D eigenvalue weighted by Crippen LogP contribution is 2.75. The number of esters is 1. The molecule has 0 amide bonds. The van der Waals surface area contributed by atoms with Crippen molar-refractivity contribution in [3.8, 4) is 17.6 Å². The Morgan fingerprint density at radius 1 is 0.900 bits per heavy atom. The Balaban J connectivity index is 1.06. The summed E-state index contributed by atoms with van der Waals surface area (Å²) < 4.78 is 6.34. The lowest BCUT2D eigenvalue weighted by Gasteiger charge is -2.66. The van der Waals surface area contributed by atoms with E-state index in [1.54, 1.807) is 31.2 Å². The molecule has 8 aliphatic carbocycles. The van der Waals surface area contributed by atoms with E-state index in [2.05, 4.69) is 40.1 Å². The molecule has 90 heavy (non-hydrogen) atoms. The van der Waals surface area contributed by atoms with Gasteiger partial charge in [0.15, 0.2) is 17.5 Å².